The van der Waals surface area contributed by atoms with E-state index in [0.717, 1.165) is 23.2 Å². The van der Waals surface area contributed by atoms with Crippen molar-refractivity contribution in [3.63, 3.8) is 0 Å². The van der Waals surface area contributed by atoms with E-state index in [-0.39, 0.29) is 5.91 Å². The zero-order valence-electron chi connectivity index (χ0n) is 17.2. The number of amides is 1. The fourth-order valence-electron chi connectivity index (χ4n) is 5.07. The van der Waals surface area contributed by atoms with Gasteiger partial charge >= 0.3 is 0 Å². The quantitative estimate of drug-likeness (QED) is 0.764. The molecular weight excluding hydrogens is 358 g/mol. The predicted molar refractivity (Wildman–Crippen MR) is 115 cm³/mol. The second kappa shape index (κ2) is 7.83. The molecule has 5 atom stereocenters. The van der Waals surface area contributed by atoms with E-state index in [1.807, 2.05) is 54.5 Å². The van der Waals surface area contributed by atoms with Gasteiger partial charge in [-0.3, -0.25) is 9.78 Å². The zero-order chi connectivity index (χ0) is 20.5. The lowest BCUT2D eigenvalue weighted by Crippen LogP contribution is -2.43. The second-order valence-electron chi connectivity index (χ2n) is 8.58. The number of carbonyl (C=O) groups is 1. The number of pyridine rings is 1. The molecule has 4 nitrogen and oxygen atoms in total. The zero-order valence-corrected chi connectivity index (χ0v) is 17.2. The molecule has 2 aliphatic rings. The normalized spacial score (nSPS) is 29.1. The average molecular weight is 386 g/mol. The summed E-state index contributed by atoms with van der Waals surface area (Å²) in [6.45, 7) is 4.62. The van der Waals surface area contributed by atoms with Crippen molar-refractivity contribution in [1.82, 2.24) is 9.88 Å². The molecule has 1 amide bonds. The molecule has 29 heavy (non-hydrogen) atoms. The third-order valence-corrected chi connectivity index (χ3v) is 7.04. The van der Waals surface area contributed by atoms with E-state index in [9.17, 15) is 10.1 Å². The summed E-state index contributed by atoms with van der Waals surface area (Å²) in [6, 6.07) is 14.2. The number of nitriles is 1. The molecule has 4 rings (SSSR count). The molecule has 4 heteroatoms. The van der Waals surface area contributed by atoms with Crippen LogP contribution < -0.4 is 0 Å². The first-order valence-electron chi connectivity index (χ1n) is 10.4. The van der Waals surface area contributed by atoms with Crippen molar-refractivity contribution in [3.05, 3.63) is 59.9 Å². The molecule has 0 bridgehead atoms. The molecule has 1 saturated carbocycles. The van der Waals surface area contributed by atoms with Crippen molar-refractivity contribution in [1.29, 1.82) is 5.26 Å². The number of nitrogens with zero attached hydrogens (tertiary/aromatic N) is 3. The fraction of sp³-hybridized carbons (Fsp3) is 0.400. The Balaban J connectivity index is 1.55. The molecule has 1 aromatic heterocycles. The number of carbonyl (C=O) groups excluding carboxylic acids is 1. The SMILES string of the molecule is C[C@H]1[C@H](C=Cc2ccc(-c3ccccc3C#N)cn2)[C@@H]2CC(=O)N(C)[C@@H]2C[C@@H]1C. The predicted octanol–water partition coefficient (Wildman–Crippen LogP) is 4.77. The summed E-state index contributed by atoms with van der Waals surface area (Å²) in [7, 11) is 1.95. The van der Waals surface area contributed by atoms with Crippen molar-refractivity contribution in [3.8, 4) is 17.2 Å². The smallest absolute Gasteiger partial charge is 0.222 e. The van der Waals surface area contributed by atoms with Gasteiger partial charge in [0.1, 0.15) is 0 Å². The maximum absolute atomic E-state index is 12.3. The number of rotatable bonds is 3. The second-order valence-corrected chi connectivity index (χ2v) is 8.58. The molecular formula is C25H27N3O. The minimum absolute atomic E-state index is 0.276. The topological polar surface area (TPSA) is 57.0 Å². The number of allylic oxidation sites excluding steroid dienone is 1. The highest BCUT2D eigenvalue weighted by atomic mass is 16.2. The third-order valence-electron chi connectivity index (χ3n) is 7.04. The highest BCUT2D eigenvalue weighted by Gasteiger charge is 2.47. The Morgan fingerprint density at radius 1 is 1.21 bits per heavy atom. The average Bonchev–Trinajstić information content (AvgIpc) is 3.02. The lowest BCUT2D eigenvalue weighted by Gasteiger charge is -2.42. The van der Waals surface area contributed by atoms with Gasteiger partial charge in [-0.15, -0.1) is 0 Å². The van der Waals surface area contributed by atoms with E-state index in [4.69, 9.17) is 0 Å². The molecule has 1 aliphatic heterocycles. The van der Waals surface area contributed by atoms with Gasteiger partial charge in [0.2, 0.25) is 5.91 Å². The van der Waals surface area contributed by atoms with Crippen LogP contribution in [0.1, 0.15) is 37.9 Å². The molecule has 2 heterocycles. The Kier molecular flexibility index (Phi) is 5.24. The van der Waals surface area contributed by atoms with Crippen LogP contribution in [0, 0.1) is 35.0 Å². The van der Waals surface area contributed by atoms with Crippen LogP contribution in [0.3, 0.4) is 0 Å². The van der Waals surface area contributed by atoms with E-state index in [2.05, 4.69) is 37.1 Å². The van der Waals surface area contributed by atoms with Gasteiger partial charge in [0.05, 0.1) is 17.3 Å². The summed E-state index contributed by atoms with van der Waals surface area (Å²) in [6.07, 6.45) is 7.96. The summed E-state index contributed by atoms with van der Waals surface area (Å²) < 4.78 is 0. The Labute approximate surface area is 172 Å². The van der Waals surface area contributed by atoms with Crippen LogP contribution >= 0.6 is 0 Å². The van der Waals surface area contributed by atoms with Gasteiger partial charge in [0.25, 0.3) is 0 Å². The Hall–Kier alpha value is -2.93. The van der Waals surface area contributed by atoms with E-state index in [0.29, 0.717) is 41.7 Å². The lowest BCUT2D eigenvalue weighted by atomic mass is 9.65. The summed E-state index contributed by atoms with van der Waals surface area (Å²) in [5.74, 6) is 2.21. The van der Waals surface area contributed by atoms with Crippen LogP contribution in [0.15, 0.2) is 48.7 Å². The molecule has 1 saturated heterocycles. The van der Waals surface area contributed by atoms with Crippen molar-refractivity contribution in [2.75, 3.05) is 7.05 Å². The fourth-order valence-corrected chi connectivity index (χ4v) is 5.07. The van der Waals surface area contributed by atoms with E-state index in [1.54, 1.807) is 0 Å². The molecule has 0 unspecified atom stereocenters. The number of hydrogen-bond acceptors (Lipinski definition) is 3. The van der Waals surface area contributed by atoms with Crippen LogP contribution in [-0.2, 0) is 4.79 Å². The van der Waals surface area contributed by atoms with Gasteiger partial charge < -0.3 is 4.90 Å². The minimum atomic E-state index is 0.276. The van der Waals surface area contributed by atoms with Crippen LogP contribution in [0.5, 0.6) is 0 Å². The van der Waals surface area contributed by atoms with Crippen LogP contribution in [0.2, 0.25) is 0 Å². The molecule has 0 radical (unpaired) electrons. The molecule has 2 aromatic rings. The van der Waals surface area contributed by atoms with Gasteiger partial charge in [-0.2, -0.15) is 5.26 Å². The van der Waals surface area contributed by atoms with Crippen LogP contribution in [0.4, 0.5) is 0 Å². The van der Waals surface area contributed by atoms with Gasteiger partial charge in [-0.1, -0.05) is 44.2 Å². The Bertz CT molecular complexity index is 972. The molecule has 0 N–H and O–H groups in total. The van der Waals surface area contributed by atoms with Gasteiger partial charge in [-0.25, -0.2) is 0 Å². The van der Waals surface area contributed by atoms with E-state index >= 15 is 0 Å². The van der Waals surface area contributed by atoms with Crippen LogP contribution in [-0.4, -0.2) is 28.9 Å². The molecule has 1 aromatic carbocycles. The number of hydrogen-bond donors (Lipinski definition) is 0. The first kappa shape index (κ1) is 19.4. The first-order valence-corrected chi connectivity index (χ1v) is 10.4. The van der Waals surface area contributed by atoms with Crippen molar-refractivity contribution < 1.29 is 4.79 Å². The minimum Gasteiger partial charge on any atom is -0.342 e. The monoisotopic (exact) mass is 385 g/mol. The third kappa shape index (κ3) is 3.58. The van der Waals surface area contributed by atoms with Gasteiger partial charge in [-0.05, 0) is 48.3 Å². The Morgan fingerprint density at radius 2 is 2.00 bits per heavy atom. The maximum Gasteiger partial charge on any atom is 0.222 e. The maximum atomic E-state index is 12.3. The molecule has 148 valence electrons. The highest BCUT2D eigenvalue weighted by Crippen LogP contribution is 2.46. The molecule has 0 spiro atoms. The number of likely N-dealkylation sites (tertiary alicyclic amines) is 1. The van der Waals surface area contributed by atoms with Crippen molar-refractivity contribution >= 4 is 12.0 Å². The number of fused-ring (bicyclic) bond motifs is 1. The van der Waals surface area contributed by atoms with Gasteiger partial charge in [0, 0.05) is 36.8 Å². The summed E-state index contributed by atoms with van der Waals surface area (Å²) in [5.41, 5.74) is 3.41. The standard InChI is InChI=1S/C25H27N3O/c1-16-12-24-23(13-25(29)28(24)3)21(17(16)2)11-10-20-9-8-19(15-27-20)22-7-5-4-6-18(22)14-26/h4-11,15-17,21,23-24H,12-13H2,1-3H3/t16-,17+,21-,23-,24+/m0/s1. The molecule has 1 aliphatic carbocycles. The van der Waals surface area contributed by atoms with Gasteiger partial charge in [0.15, 0.2) is 0 Å². The largest absolute Gasteiger partial charge is 0.342 e. The lowest BCUT2D eigenvalue weighted by molar-refractivity contribution is -0.127. The summed E-state index contributed by atoms with van der Waals surface area (Å²) in [5, 5.41) is 9.31. The van der Waals surface area contributed by atoms with Crippen molar-refractivity contribution in [2.45, 2.75) is 32.7 Å². The number of aromatic nitrogens is 1. The Morgan fingerprint density at radius 3 is 2.72 bits per heavy atom. The van der Waals surface area contributed by atoms with Crippen molar-refractivity contribution in [2.24, 2.45) is 23.7 Å². The van der Waals surface area contributed by atoms with E-state index in [1.165, 1.54) is 0 Å². The molecule has 2 fully saturated rings. The first-order chi connectivity index (χ1) is 14.0. The van der Waals surface area contributed by atoms with E-state index < -0.39 is 0 Å². The summed E-state index contributed by atoms with van der Waals surface area (Å²) >= 11 is 0. The van der Waals surface area contributed by atoms with Crippen LogP contribution in [0.25, 0.3) is 17.2 Å². The number of benzene rings is 1. The highest BCUT2D eigenvalue weighted by molar-refractivity contribution is 5.79. The summed E-state index contributed by atoms with van der Waals surface area (Å²) in [4.78, 5) is 18.8.